The van der Waals surface area contributed by atoms with Crippen LogP contribution in [0.25, 0.3) is 10.1 Å². The standard InChI is InChI=1S/C34H28ClN3O7S/c1-19-9-14-24-28(15-19)46-31(29(24)35)33(40)37-23-12-10-20(11-13-23)32(39)38-36-18-21-7-5-6-8-25(21)45-34(41)22-16-26(42-2)30(44-4)27(17-22)43-3/h5-18H,1-4H3,(H,37,40)(H,38,39)/b36-18-. The van der Waals surface area contributed by atoms with Crippen molar-refractivity contribution in [2.45, 2.75) is 6.92 Å². The number of esters is 1. The first-order valence-corrected chi connectivity index (χ1v) is 15.0. The fourth-order valence-electron chi connectivity index (χ4n) is 4.47. The molecule has 0 fully saturated rings. The van der Waals surface area contributed by atoms with Crippen LogP contribution in [-0.2, 0) is 0 Å². The van der Waals surface area contributed by atoms with E-state index in [2.05, 4.69) is 15.8 Å². The van der Waals surface area contributed by atoms with Gasteiger partial charge in [0.2, 0.25) is 5.75 Å². The average Bonchev–Trinajstić information content (AvgIpc) is 3.39. The van der Waals surface area contributed by atoms with Crippen LogP contribution in [0.5, 0.6) is 23.0 Å². The number of thiophene rings is 1. The van der Waals surface area contributed by atoms with E-state index in [1.807, 2.05) is 25.1 Å². The second-order valence-electron chi connectivity index (χ2n) is 9.82. The molecule has 5 aromatic rings. The van der Waals surface area contributed by atoms with Crippen molar-refractivity contribution in [3.8, 4) is 23.0 Å². The summed E-state index contributed by atoms with van der Waals surface area (Å²) < 4.78 is 22.5. The molecule has 234 valence electrons. The number of anilines is 1. The molecule has 12 heteroatoms. The Labute approximate surface area is 273 Å². The lowest BCUT2D eigenvalue weighted by molar-refractivity contribution is 0.0733. The van der Waals surface area contributed by atoms with E-state index >= 15 is 0 Å². The first-order chi connectivity index (χ1) is 22.2. The zero-order chi connectivity index (χ0) is 32.8. The third kappa shape index (κ3) is 6.96. The Morgan fingerprint density at radius 3 is 2.17 bits per heavy atom. The summed E-state index contributed by atoms with van der Waals surface area (Å²) in [5, 5.41) is 8.08. The summed E-state index contributed by atoms with van der Waals surface area (Å²) in [5.41, 5.74) is 4.96. The monoisotopic (exact) mass is 657 g/mol. The molecule has 4 aromatic carbocycles. The van der Waals surface area contributed by atoms with E-state index in [4.69, 9.17) is 30.5 Å². The van der Waals surface area contributed by atoms with E-state index in [0.29, 0.717) is 44.0 Å². The second-order valence-corrected chi connectivity index (χ2v) is 11.2. The summed E-state index contributed by atoms with van der Waals surface area (Å²) in [6, 6.07) is 21.9. The second kappa shape index (κ2) is 14.1. The van der Waals surface area contributed by atoms with Crippen LogP contribution in [0.2, 0.25) is 5.02 Å². The number of nitrogens with one attached hydrogen (secondary N) is 2. The highest BCUT2D eigenvalue weighted by molar-refractivity contribution is 7.21. The molecule has 5 rings (SSSR count). The van der Waals surface area contributed by atoms with Gasteiger partial charge in [-0.3, -0.25) is 9.59 Å². The van der Waals surface area contributed by atoms with E-state index in [0.717, 1.165) is 15.6 Å². The molecule has 0 aliphatic heterocycles. The minimum absolute atomic E-state index is 0.177. The number of aryl methyl sites for hydroxylation is 1. The number of hydrogen-bond donors (Lipinski definition) is 2. The Hall–Kier alpha value is -5.39. The quantitative estimate of drug-likeness (QED) is 0.0709. The number of benzene rings is 4. The zero-order valence-electron chi connectivity index (χ0n) is 25.2. The van der Waals surface area contributed by atoms with Gasteiger partial charge in [0.05, 0.1) is 38.1 Å². The summed E-state index contributed by atoms with van der Waals surface area (Å²) >= 11 is 7.79. The van der Waals surface area contributed by atoms with E-state index in [9.17, 15) is 14.4 Å². The van der Waals surface area contributed by atoms with Gasteiger partial charge in [-0.05, 0) is 67.1 Å². The predicted octanol–water partition coefficient (Wildman–Crippen LogP) is 7.12. The fourth-order valence-corrected chi connectivity index (χ4v) is 5.98. The van der Waals surface area contributed by atoms with E-state index in [1.54, 1.807) is 48.5 Å². The Bertz CT molecular complexity index is 1950. The van der Waals surface area contributed by atoms with Gasteiger partial charge in [-0.25, -0.2) is 10.2 Å². The van der Waals surface area contributed by atoms with Crippen LogP contribution >= 0.6 is 22.9 Å². The molecule has 2 N–H and O–H groups in total. The SMILES string of the molecule is COc1cc(C(=O)Oc2ccccc2/C=N\NC(=O)c2ccc(NC(=O)c3sc4cc(C)ccc4c3Cl)cc2)cc(OC)c1OC. The maximum Gasteiger partial charge on any atom is 0.343 e. The number of amides is 2. The third-order valence-corrected chi connectivity index (χ3v) is 8.44. The number of hydrogen-bond acceptors (Lipinski definition) is 9. The van der Waals surface area contributed by atoms with Crippen LogP contribution in [0.3, 0.4) is 0 Å². The highest BCUT2D eigenvalue weighted by Crippen LogP contribution is 2.39. The van der Waals surface area contributed by atoms with Crippen LogP contribution < -0.4 is 29.7 Å². The van der Waals surface area contributed by atoms with Crippen molar-refractivity contribution >= 4 is 62.7 Å². The first kappa shape index (κ1) is 32.0. The van der Waals surface area contributed by atoms with Gasteiger partial charge in [-0.15, -0.1) is 11.3 Å². The fraction of sp³-hybridized carbons (Fsp3) is 0.118. The average molecular weight is 658 g/mol. The first-order valence-electron chi connectivity index (χ1n) is 13.8. The minimum Gasteiger partial charge on any atom is -0.493 e. The molecule has 1 aromatic heterocycles. The van der Waals surface area contributed by atoms with Gasteiger partial charge < -0.3 is 24.3 Å². The van der Waals surface area contributed by atoms with Crippen molar-refractivity contribution in [2.24, 2.45) is 5.10 Å². The van der Waals surface area contributed by atoms with Crippen LogP contribution in [0.1, 0.15) is 41.5 Å². The van der Waals surface area contributed by atoms with Crippen molar-refractivity contribution in [1.82, 2.24) is 5.43 Å². The Kier molecular flexibility index (Phi) is 9.85. The van der Waals surface area contributed by atoms with Crippen molar-refractivity contribution in [2.75, 3.05) is 26.6 Å². The Morgan fingerprint density at radius 1 is 0.804 bits per heavy atom. The Morgan fingerprint density at radius 2 is 1.50 bits per heavy atom. The highest BCUT2D eigenvalue weighted by Gasteiger charge is 2.20. The van der Waals surface area contributed by atoms with Gasteiger partial charge in [-0.2, -0.15) is 5.10 Å². The lowest BCUT2D eigenvalue weighted by atomic mass is 10.1. The number of carbonyl (C=O) groups is 3. The molecular weight excluding hydrogens is 630 g/mol. The predicted molar refractivity (Wildman–Crippen MR) is 179 cm³/mol. The number of nitrogens with zero attached hydrogens (tertiary/aromatic N) is 1. The zero-order valence-corrected chi connectivity index (χ0v) is 26.7. The molecule has 2 amide bonds. The smallest absolute Gasteiger partial charge is 0.343 e. The number of halogens is 1. The van der Waals surface area contributed by atoms with E-state index in [-0.39, 0.29) is 17.2 Å². The van der Waals surface area contributed by atoms with E-state index < -0.39 is 11.9 Å². The number of rotatable bonds is 10. The maximum absolute atomic E-state index is 13.0. The van der Waals surface area contributed by atoms with Crippen molar-refractivity contribution in [3.05, 3.63) is 111 Å². The van der Waals surface area contributed by atoms with Crippen LogP contribution in [-0.4, -0.2) is 45.3 Å². The molecule has 0 bridgehead atoms. The summed E-state index contributed by atoms with van der Waals surface area (Å²) in [4.78, 5) is 39.1. The largest absolute Gasteiger partial charge is 0.493 e. The summed E-state index contributed by atoms with van der Waals surface area (Å²) in [6.45, 7) is 1.98. The molecule has 1 heterocycles. The Balaban J connectivity index is 1.22. The van der Waals surface area contributed by atoms with Crippen molar-refractivity contribution < 1.29 is 33.3 Å². The van der Waals surface area contributed by atoms with Crippen LogP contribution in [0, 0.1) is 6.92 Å². The molecule has 0 saturated heterocycles. The maximum atomic E-state index is 13.0. The van der Waals surface area contributed by atoms with Crippen molar-refractivity contribution in [1.29, 1.82) is 0 Å². The van der Waals surface area contributed by atoms with Gasteiger partial charge >= 0.3 is 5.97 Å². The number of hydrazone groups is 1. The number of carbonyl (C=O) groups excluding carboxylic acids is 3. The molecule has 0 aliphatic carbocycles. The molecule has 0 unspecified atom stereocenters. The van der Waals surface area contributed by atoms with Crippen LogP contribution in [0.15, 0.2) is 84.0 Å². The van der Waals surface area contributed by atoms with Crippen molar-refractivity contribution in [3.63, 3.8) is 0 Å². The molecule has 0 atom stereocenters. The minimum atomic E-state index is -0.666. The molecule has 0 aliphatic rings. The number of methoxy groups -OCH3 is 3. The number of para-hydroxylation sites is 1. The van der Waals surface area contributed by atoms with E-state index in [1.165, 1.54) is 51.0 Å². The highest BCUT2D eigenvalue weighted by atomic mass is 35.5. The molecule has 46 heavy (non-hydrogen) atoms. The molecule has 0 radical (unpaired) electrons. The van der Waals surface area contributed by atoms with Gasteiger partial charge in [-0.1, -0.05) is 35.9 Å². The van der Waals surface area contributed by atoms with Gasteiger partial charge in [0.1, 0.15) is 10.6 Å². The third-order valence-electron chi connectivity index (χ3n) is 6.79. The molecule has 0 saturated carbocycles. The molecule has 10 nitrogen and oxygen atoms in total. The number of fused-ring (bicyclic) bond motifs is 1. The normalized spacial score (nSPS) is 10.9. The molecular formula is C34H28ClN3O7S. The lowest BCUT2D eigenvalue weighted by Crippen LogP contribution is -2.18. The summed E-state index contributed by atoms with van der Waals surface area (Å²) in [5.74, 6) is -0.320. The summed E-state index contributed by atoms with van der Waals surface area (Å²) in [7, 11) is 4.36. The van der Waals surface area contributed by atoms with Gasteiger partial charge in [0, 0.05) is 26.9 Å². The topological polar surface area (TPSA) is 125 Å². The number of ether oxygens (including phenoxy) is 4. The summed E-state index contributed by atoms with van der Waals surface area (Å²) in [6.07, 6.45) is 1.36. The molecule has 0 spiro atoms. The van der Waals surface area contributed by atoms with Crippen LogP contribution in [0.4, 0.5) is 5.69 Å². The van der Waals surface area contributed by atoms with Gasteiger partial charge in [0.25, 0.3) is 11.8 Å². The van der Waals surface area contributed by atoms with Gasteiger partial charge in [0.15, 0.2) is 11.5 Å². The lowest BCUT2D eigenvalue weighted by Gasteiger charge is -2.14.